The van der Waals surface area contributed by atoms with Gasteiger partial charge in [-0.1, -0.05) is 48.3 Å². The van der Waals surface area contributed by atoms with Crippen LogP contribution in [0, 0.1) is 0 Å². The molecule has 30 heavy (non-hydrogen) atoms. The first kappa shape index (κ1) is 23.2. The van der Waals surface area contributed by atoms with Gasteiger partial charge in [0, 0.05) is 6.54 Å². The van der Waals surface area contributed by atoms with Crippen molar-refractivity contribution in [3.63, 3.8) is 0 Å². The third-order valence-electron chi connectivity index (χ3n) is 3.58. The number of amides is 3. The van der Waals surface area contributed by atoms with E-state index in [2.05, 4.69) is 21.2 Å². The van der Waals surface area contributed by atoms with Gasteiger partial charge in [-0.25, -0.2) is 5.43 Å². The molecule has 3 amide bonds. The first-order valence-corrected chi connectivity index (χ1v) is 9.74. The highest BCUT2D eigenvalue weighted by atomic mass is 35.5. The Bertz CT molecular complexity index is 950. The van der Waals surface area contributed by atoms with Gasteiger partial charge >= 0.3 is 11.8 Å². The van der Waals surface area contributed by atoms with Crippen LogP contribution in [-0.4, -0.2) is 37.1 Å². The van der Waals surface area contributed by atoms with Crippen LogP contribution in [0.1, 0.15) is 18.9 Å². The highest BCUT2D eigenvalue weighted by molar-refractivity contribution is 6.44. The molecular formula is C20H20Cl2N4O4. The molecule has 0 saturated heterocycles. The van der Waals surface area contributed by atoms with Crippen LogP contribution in [0.5, 0.6) is 5.75 Å². The number of ether oxygens (including phenoxy) is 1. The maximum atomic E-state index is 12.1. The third kappa shape index (κ3) is 7.38. The summed E-state index contributed by atoms with van der Waals surface area (Å²) in [5.41, 5.74) is 3.12. The number of benzene rings is 2. The normalized spacial score (nSPS) is 10.5. The zero-order valence-corrected chi connectivity index (χ0v) is 17.6. The summed E-state index contributed by atoms with van der Waals surface area (Å²) in [4.78, 5) is 35.1. The zero-order chi connectivity index (χ0) is 21.9. The molecule has 0 unspecified atom stereocenters. The number of halogens is 2. The van der Waals surface area contributed by atoms with Gasteiger partial charge in [0.1, 0.15) is 5.75 Å². The SMILES string of the molecule is CCCNC(=O)C(=O)N/N=C\c1cccc(OCC(=O)Nc2cccc(Cl)c2Cl)c1. The number of hydrazone groups is 1. The Kier molecular flexibility index (Phi) is 9.11. The van der Waals surface area contributed by atoms with Crippen LogP contribution < -0.4 is 20.8 Å². The van der Waals surface area contributed by atoms with E-state index in [1.165, 1.54) is 6.21 Å². The molecule has 2 aromatic rings. The molecule has 0 radical (unpaired) electrons. The van der Waals surface area contributed by atoms with Crippen LogP contribution in [-0.2, 0) is 14.4 Å². The summed E-state index contributed by atoms with van der Waals surface area (Å²) in [5, 5.41) is 9.37. The lowest BCUT2D eigenvalue weighted by Gasteiger charge is -2.09. The van der Waals surface area contributed by atoms with Crippen LogP contribution >= 0.6 is 23.2 Å². The number of nitrogens with zero attached hydrogens (tertiary/aromatic N) is 1. The Labute approximate surface area is 183 Å². The van der Waals surface area contributed by atoms with Crippen molar-refractivity contribution in [1.29, 1.82) is 0 Å². The highest BCUT2D eigenvalue weighted by Gasteiger charge is 2.11. The van der Waals surface area contributed by atoms with Crippen molar-refractivity contribution in [2.45, 2.75) is 13.3 Å². The molecule has 0 spiro atoms. The molecular weight excluding hydrogens is 431 g/mol. The zero-order valence-electron chi connectivity index (χ0n) is 16.1. The van der Waals surface area contributed by atoms with Crippen LogP contribution in [0.3, 0.4) is 0 Å². The van der Waals surface area contributed by atoms with E-state index in [1.54, 1.807) is 42.5 Å². The van der Waals surface area contributed by atoms with Crippen molar-refractivity contribution in [3.8, 4) is 5.75 Å². The fourth-order valence-corrected chi connectivity index (χ4v) is 2.50. The molecule has 8 nitrogen and oxygen atoms in total. The van der Waals surface area contributed by atoms with Gasteiger partial charge in [-0.3, -0.25) is 14.4 Å². The van der Waals surface area contributed by atoms with E-state index in [0.717, 1.165) is 6.42 Å². The van der Waals surface area contributed by atoms with Crippen LogP contribution in [0.2, 0.25) is 10.0 Å². The molecule has 0 aliphatic heterocycles. The van der Waals surface area contributed by atoms with E-state index >= 15 is 0 Å². The fraction of sp³-hybridized carbons (Fsp3) is 0.200. The number of rotatable bonds is 8. The van der Waals surface area contributed by atoms with E-state index in [4.69, 9.17) is 27.9 Å². The highest BCUT2D eigenvalue weighted by Crippen LogP contribution is 2.29. The van der Waals surface area contributed by atoms with Gasteiger partial charge < -0.3 is 15.4 Å². The first-order valence-electron chi connectivity index (χ1n) is 8.98. The molecule has 0 atom stereocenters. The van der Waals surface area contributed by atoms with Gasteiger partial charge in [0.05, 0.1) is 21.9 Å². The van der Waals surface area contributed by atoms with Crippen molar-refractivity contribution in [2.24, 2.45) is 5.10 Å². The van der Waals surface area contributed by atoms with Gasteiger partial charge in [-0.05, 0) is 36.2 Å². The van der Waals surface area contributed by atoms with E-state index in [1.807, 2.05) is 6.92 Å². The minimum absolute atomic E-state index is 0.246. The second kappa shape index (κ2) is 11.8. The summed E-state index contributed by atoms with van der Waals surface area (Å²) in [5.74, 6) is -1.61. The number of hydrogen-bond donors (Lipinski definition) is 3. The van der Waals surface area contributed by atoms with Gasteiger partial charge in [-0.2, -0.15) is 5.10 Å². The molecule has 158 valence electrons. The summed E-state index contributed by atoms with van der Waals surface area (Å²) in [6, 6.07) is 11.6. The average molecular weight is 451 g/mol. The third-order valence-corrected chi connectivity index (χ3v) is 4.39. The van der Waals surface area contributed by atoms with E-state index in [9.17, 15) is 14.4 Å². The van der Waals surface area contributed by atoms with E-state index in [-0.39, 0.29) is 11.6 Å². The molecule has 0 aliphatic carbocycles. The monoisotopic (exact) mass is 450 g/mol. The summed E-state index contributed by atoms with van der Waals surface area (Å²) in [7, 11) is 0. The Balaban J connectivity index is 1.86. The van der Waals surface area contributed by atoms with E-state index in [0.29, 0.717) is 28.6 Å². The van der Waals surface area contributed by atoms with Crippen molar-refractivity contribution >= 4 is 52.8 Å². The van der Waals surface area contributed by atoms with Crippen molar-refractivity contribution < 1.29 is 19.1 Å². The lowest BCUT2D eigenvalue weighted by atomic mass is 10.2. The number of carbonyl (C=O) groups is 3. The van der Waals surface area contributed by atoms with Crippen molar-refractivity contribution in [3.05, 3.63) is 58.1 Å². The molecule has 0 bridgehead atoms. The van der Waals surface area contributed by atoms with Crippen LogP contribution in [0.15, 0.2) is 47.6 Å². The molecule has 0 aromatic heterocycles. The average Bonchev–Trinajstić information content (AvgIpc) is 2.74. The summed E-state index contributed by atoms with van der Waals surface area (Å²) >= 11 is 11.9. The fourth-order valence-electron chi connectivity index (χ4n) is 2.16. The predicted octanol–water partition coefficient (Wildman–Crippen LogP) is 2.99. The molecule has 2 aromatic carbocycles. The number of anilines is 1. The van der Waals surface area contributed by atoms with Gasteiger partial charge in [0.15, 0.2) is 6.61 Å². The van der Waals surface area contributed by atoms with Crippen molar-refractivity contribution in [2.75, 3.05) is 18.5 Å². The topological polar surface area (TPSA) is 109 Å². The maximum Gasteiger partial charge on any atom is 0.329 e. The number of hydrogen-bond acceptors (Lipinski definition) is 5. The lowest BCUT2D eigenvalue weighted by Crippen LogP contribution is -2.38. The standard InChI is InChI=1S/C20H20Cl2N4O4/c1-2-9-23-19(28)20(29)26-24-11-13-5-3-6-14(10-13)30-12-17(27)25-16-8-4-7-15(21)18(16)22/h3-8,10-11H,2,9,12H2,1H3,(H,23,28)(H,25,27)(H,26,29)/b24-11-. The van der Waals surface area contributed by atoms with Gasteiger partial charge in [-0.15, -0.1) is 0 Å². The molecule has 0 fully saturated rings. The number of carbonyl (C=O) groups excluding carboxylic acids is 3. The van der Waals surface area contributed by atoms with Crippen molar-refractivity contribution in [1.82, 2.24) is 10.7 Å². The quantitative estimate of drug-likeness (QED) is 0.326. The molecule has 0 heterocycles. The lowest BCUT2D eigenvalue weighted by molar-refractivity contribution is -0.139. The summed E-state index contributed by atoms with van der Waals surface area (Å²) in [6.07, 6.45) is 2.07. The van der Waals surface area contributed by atoms with E-state index < -0.39 is 17.7 Å². The molecule has 3 N–H and O–H groups in total. The van der Waals surface area contributed by atoms with Crippen LogP contribution in [0.4, 0.5) is 5.69 Å². The smallest absolute Gasteiger partial charge is 0.329 e. The van der Waals surface area contributed by atoms with Gasteiger partial charge in [0.2, 0.25) is 0 Å². The van der Waals surface area contributed by atoms with Crippen LogP contribution in [0.25, 0.3) is 0 Å². The Hall–Kier alpha value is -3.10. The minimum Gasteiger partial charge on any atom is -0.484 e. The molecule has 0 saturated carbocycles. The molecule has 10 heteroatoms. The second-order valence-electron chi connectivity index (χ2n) is 5.97. The summed E-state index contributed by atoms with van der Waals surface area (Å²) in [6.45, 7) is 2.03. The molecule has 0 aliphatic rings. The van der Waals surface area contributed by atoms with Gasteiger partial charge in [0.25, 0.3) is 5.91 Å². The largest absolute Gasteiger partial charge is 0.484 e. The predicted molar refractivity (Wildman–Crippen MR) is 116 cm³/mol. The Morgan fingerprint density at radius 2 is 1.87 bits per heavy atom. The maximum absolute atomic E-state index is 12.1. The Morgan fingerprint density at radius 3 is 2.63 bits per heavy atom. The summed E-state index contributed by atoms with van der Waals surface area (Å²) < 4.78 is 5.46. The second-order valence-corrected chi connectivity index (χ2v) is 6.75. The number of nitrogens with one attached hydrogen (secondary N) is 3. The minimum atomic E-state index is -0.858. The first-order chi connectivity index (χ1) is 14.4. The Morgan fingerprint density at radius 1 is 1.10 bits per heavy atom. The molecule has 2 rings (SSSR count).